The molecular formula is C23H26N2O4S2. The maximum Gasteiger partial charge on any atom is 0.320 e. The molecule has 0 amide bonds. The zero-order chi connectivity index (χ0) is 22.6. The Morgan fingerprint density at radius 2 is 1.65 bits per heavy atom. The molecule has 0 radical (unpaired) electrons. The minimum absolute atomic E-state index is 0.239. The van der Waals surface area contributed by atoms with E-state index in [0.717, 1.165) is 21.7 Å². The number of nitrogens with one attached hydrogen (secondary N) is 1. The zero-order valence-electron chi connectivity index (χ0n) is 17.6. The van der Waals surface area contributed by atoms with Crippen LogP contribution in [0.15, 0.2) is 65.0 Å². The SMILES string of the molecule is CC(C)CC(NC(c1ccc(-c2ccc(S(C)(=O)=O)cc2)cc1)c1nccs1)C(=O)O. The first-order valence-corrected chi connectivity index (χ1v) is 12.7. The van der Waals surface area contributed by atoms with Crippen LogP contribution in [0.2, 0.25) is 0 Å². The lowest BCUT2D eigenvalue weighted by Crippen LogP contribution is -2.40. The number of carboxylic acid groups (broad SMARTS) is 1. The van der Waals surface area contributed by atoms with Crippen LogP contribution in [0.1, 0.15) is 36.9 Å². The molecule has 164 valence electrons. The lowest BCUT2D eigenvalue weighted by Gasteiger charge is -2.23. The number of aliphatic carboxylic acids is 1. The van der Waals surface area contributed by atoms with E-state index in [2.05, 4.69) is 10.3 Å². The van der Waals surface area contributed by atoms with Crippen molar-refractivity contribution in [3.8, 4) is 11.1 Å². The molecule has 2 aromatic carbocycles. The molecule has 0 bridgehead atoms. The third-order valence-corrected chi connectivity index (χ3v) is 6.90. The summed E-state index contributed by atoms with van der Waals surface area (Å²) in [5.41, 5.74) is 2.76. The summed E-state index contributed by atoms with van der Waals surface area (Å²) in [6.07, 6.45) is 3.42. The van der Waals surface area contributed by atoms with E-state index < -0.39 is 21.8 Å². The summed E-state index contributed by atoms with van der Waals surface area (Å²) in [5, 5.41) is 15.6. The first kappa shape index (κ1) is 23.1. The van der Waals surface area contributed by atoms with Gasteiger partial charge >= 0.3 is 5.97 Å². The molecule has 2 atom stereocenters. The Bertz CT molecular complexity index is 1110. The highest BCUT2D eigenvalue weighted by Gasteiger charge is 2.26. The molecule has 0 spiro atoms. The first-order chi connectivity index (χ1) is 14.6. The van der Waals surface area contributed by atoms with Crippen molar-refractivity contribution in [3.05, 3.63) is 70.7 Å². The second kappa shape index (κ2) is 9.72. The molecule has 3 aromatic rings. The Labute approximate surface area is 186 Å². The highest BCUT2D eigenvalue weighted by atomic mass is 32.2. The Morgan fingerprint density at radius 1 is 1.06 bits per heavy atom. The van der Waals surface area contributed by atoms with E-state index in [-0.39, 0.29) is 16.9 Å². The number of sulfone groups is 1. The van der Waals surface area contributed by atoms with Gasteiger partial charge in [0, 0.05) is 17.8 Å². The largest absolute Gasteiger partial charge is 0.480 e. The minimum atomic E-state index is -3.23. The molecule has 2 unspecified atom stereocenters. The average Bonchev–Trinajstić information content (AvgIpc) is 3.25. The third kappa shape index (κ3) is 6.00. The van der Waals surface area contributed by atoms with Gasteiger partial charge in [0.1, 0.15) is 11.0 Å². The Kier molecular flexibility index (Phi) is 7.25. The van der Waals surface area contributed by atoms with Crippen molar-refractivity contribution in [2.75, 3.05) is 6.26 Å². The number of thiazole rings is 1. The van der Waals surface area contributed by atoms with E-state index in [0.29, 0.717) is 6.42 Å². The van der Waals surface area contributed by atoms with E-state index in [9.17, 15) is 18.3 Å². The van der Waals surface area contributed by atoms with Gasteiger partial charge in [-0.2, -0.15) is 0 Å². The quantitative estimate of drug-likeness (QED) is 0.494. The summed E-state index contributed by atoms with van der Waals surface area (Å²) in [7, 11) is -3.23. The highest BCUT2D eigenvalue weighted by Crippen LogP contribution is 2.28. The number of hydrogen-bond acceptors (Lipinski definition) is 6. The van der Waals surface area contributed by atoms with Crippen molar-refractivity contribution in [2.24, 2.45) is 5.92 Å². The van der Waals surface area contributed by atoms with Crippen LogP contribution < -0.4 is 5.32 Å². The number of benzene rings is 2. The smallest absolute Gasteiger partial charge is 0.320 e. The predicted octanol–water partition coefficient (Wildman–Crippen LogP) is 4.39. The lowest BCUT2D eigenvalue weighted by atomic mass is 9.98. The second-order valence-electron chi connectivity index (χ2n) is 7.91. The minimum Gasteiger partial charge on any atom is -0.480 e. The van der Waals surface area contributed by atoms with E-state index in [1.807, 2.05) is 43.5 Å². The van der Waals surface area contributed by atoms with E-state index >= 15 is 0 Å². The van der Waals surface area contributed by atoms with Crippen LogP contribution in [-0.2, 0) is 14.6 Å². The fraction of sp³-hybridized carbons (Fsp3) is 0.304. The van der Waals surface area contributed by atoms with E-state index in [4.69, 9.17) is 0 Å². The van der Waals surface area contributed by atoms with E-state index in [1.165, 1.54) is 17.6 Å². The maximum atomic E-state index is 11.8. The van der Waals surface area contributed by atoms with Crippen LogP contribution in [0.25, 0.3) is 11.1 Å². The number of hydrogen-bond donors (Lipinski definition) is 2. The summed E-state index contributed by atoms with van der Waals surface area (Å²) in [6.45, 7) is 4.00. The molecule has 8 heteroatoms. The average molecular weight is 459 g/mol. The standard InChI is InChI=1S/C23H26N2O4S2/c1-15(2)14-20(23(26)27)25-21(22-24-12-13-30-22)18-6-4-16(5-7-18)17-8-10-19(11-9-17)31(3,28)29/h4-13,15,20-21,25H,14H2,1-3H3,(H,26,27). The van der Waals surface area contributed by atoms with E-state index in [1.54, 1.807) is 30.5 Å². The summed E-state index contributed by atoms with van der Waals surface area (Å²) in [4.78, 5) is 16.5. The van der Waals surface area contributed by atoms with Crippen molar-refractivity contribution in [2.45, 2.75) is 37.2 Å². The number of rotatable bonds is 9. The summed E-state index contributed by atoms with van der Waals surface area (Å²) >= 11 is 1.48. The van der Waals surface area contributed by atoms with Crippen LogP contribution in [0.5, 0.6) is 0 Å². The molecule has 0 aliphatic carbocycles. The van der Waals surface area contributed by atoms with Crippen molar-refractivity contribution < 1.29 is 18.3 Å². The zero-order valence-corrected chi connectivity index (χ0v) is 19.3. The lowest BCUT2D eigenvalue weighted by molar-refractivity contribution is -0.140. The summed E-state index contributed by atoms with van der Waals surface area (Å²) in [6, 6.07) is 13.6. The molecule has 31 heavy (non-hydrogen) atoms. The van der Waals surface area contributed by atoms with Gasteiger partial charge in [0.25, 0.3) is 0 Å². The van der Waals surface area contributed by atoms with Gasteiger partial charge in [-0.25, -0.2) is 13.4 Å². The van der Waals surface area contributed by atoms with Crippen LogP contribution in [0.3, 0.4) is 0 Å². The van der Waals surface area contributed by atoms with Crippen molar-refractivity contribution in [1.82, 2.24) is 10.3 Å². The molecule has 2 N–H and O–H groups in total. The highest BCUT2D eigenvalue weighted by molar-refractivity contribution is 7.90. The normalized spacial score (nSPS) is 13.8. The third-order valence-electron chi connectivity index (χ3n) is 4.93. The second-order valence-corrected chi connectivity index (χ2v) is 10.9. The van der Waals surface area contributed by atoms with Gasteiger partial charge < -0.3 is 5.11 Å². The molecule has 6 nitrogen and oxygen atoms in total. The summed E-state index contributed by atoms with van der Waals surface area (Å²) in [5.74, 6) is -0.638. The first-order valence-electron chi connectivity index (χ1n) is 9.94. The Morgan fingerprint density at radius 3 is 2.10 bits per heavy atom. The van der Waals surface area contributed by atoms with Crippen LogP contribution in [0.4, 0.5) is 0 Å². The number of carboxylic acids is 1. The van der Waals surface area contributed by atoms with Gasteiger partial charge in [-0.3, -0.25) is 10.1 Å². The van der Waals surface area contributed by atoms with Gasteiger partial charge in [0.2, 0.25) is 0 Å². The van der Waals surface area contributed by atoms with Gasteiger partial charge in [-0.05, 0) is 41.2 Å². The maximum absolute atomic E-state index is 11.8. The molecule has 1 aromatic heterocycles. The van der Waals surface area contributed by atoms with Crippen LogP contribution in [0, 0.1) is 5.92 Å². The number of carbonyl (C=O) groups is 1. The molecular weight excluding hydrogens is 432 g/mol. The fourth-order valence-electron chi connectivity index (χ4n) is 3.36. The molecule has 1 heterocycles. The monoisotopic (exact) mass is 458 g/mol. The van der Waals surface area contributed by atoms with Crippen molar-refractivity contribution >= 4 is 27.1 Å². The molecule has 0 saturated heterocycles. The van der Waals surface area contributed by atoms with Crippen LogP contribution in [-0.4, -0.2) is 36.8 Å². The molecule has 3 rings (SSSR count). The van der Waals surface area contributed by atoms with Gasteiger partial charge in [0.15, 0.2) is 9.84 Å². The Hall–Kier alpha value is -2.55. The Balaban J connectivity index is 1.88. The molecule has 0 fully saturated rings. The van der Waals surface area contributed by atoms with Gasteiger partial charge in [-0.1, -0.05) is 50.2 Å². The number of nitrogens with zero attached hydrogens (tertiary/aromatic N) is 1. The molecule has 0 aliphatic rings. The van der Waals surface area contributed by atoms with Crippen molar-refractivity contribution in [3.63, 3.8) is 0 Å². The molecule has 0 saturated carbocycles. The van der Waals surface area contributed by atoms with Gasteiger partial charge in [-0.15, -0.1) is 11.3 Å². The van der Waals surface area contributed by atoms with Gasteiger partial charge in [0.05, 0.1) is 10.9 Å². The van der Waals surface area contributed by atoms with Crippen LogP contribution >= 0.6 is 11.3 Å². The fourth-order valence-corrected chi connectivity index (χ4v) is 4.72. The predicted molar refractivity (Wildman–Crippen MR) is 123 cm³/mol. The molecule has 0 aliphatic heterocycles. The summed E-state index contributed by atoms with van der Waals surface area (Å²) < 4.78 is 23.3. The topological polar surface area (TPSA) is 96.4 Å². The number of aromatic nitrogens is 1. The van der Waals surface area contributed by atoms with Crippen molar-refractivity contribution in [1.29, 1.82) is 0 Å².